The monoisotopic (exact) mass is 431 g/mol. The van der Waals surface area contributed by atoms with E-state index in [1.54, 1.807) is 0 Å². The Bertz CT molecular complexity index is 747. The Kier molecular flexibility index (Phi) is 8.92. The summed E-state index contributed by atoms with van der Waals surface area (Å²) in [7, 11) is 3.99. The summed E-state index contributed by atoms with van der Waals surface area (Å²) in [6.45, 7) is 12.2. The number of benzene rings is 1. The molecule has 6 nitrogen and oxygen atoms in total. The van der Waals surface area contributed by atoms with Crippen LogP contribution in [0.4, 0.5) is 11.4 Å². The molecule has 1 heterocycles. The van der Waals surface area contributed by atoms with Crippen molar-refractivity contribution in [1.82, 2.24) is 4.90 Å². The predicted molar refractivity (Wildman–Crippen MR) is 127 cm³/mol. The zero-order chi connectivity index (χ0) is 23.2. The highest BCUT2D eigenvalue weighted by molar-refractivity contribution is 5.91. The molecular formula is C25H41N3O3. The van der Waals surface area contributed by atoms with Gasteiger partial charge < -0.3 is 19.9 Å². The third-order valence-electron chi connectivity index (χ3n) is 5.28. The second-order valence-electron chi connectivity index (χ2n) is 10.5. The number of rotatable bonds is 9. The molecule has 6 heteroatoms. The first-order valence-corrected chi connectivity index (χ1v) is 11.4. The molecule has 1 aromatic carbocycles. The first-order valence-electron chi connectivity index (χ1n) is 11.4. The number of carbonyl (C=O) groups excluding carboxylic acids is 2. The van der Waals surface area contributed by atoms with Crippen molar-refractivity contribution in [3.05, 3.63) is 23.8 Å². The molecule has 0 spiro atoms. The Hall–Kier alpha value is -2.08. The van der Waals surface area contributed by atoms with Gasteiger partial charge in [-0.25, -0.2) is 0 Å². The fourth-order valence-corrected chi connectivity index (χ4v) is 3.87. The average molecular weight is 432 g/mol. The van der Waals surface area contributed by atoms with Gasteiger partial charge in [0, 0.05) is 58.0 Å². The Morgan fingerprint density at radius 1 is 1.23 bits per heavy atom. The first kappa shape index (κ1) is 25.2. The Morgan fingerprint density at radius 2 is 1.94 bits per heavy atom. The predicted octanol–water partition coefficient (Wildman–Crippen LogP) is 4.68. The van der Waals surface area contributed by atoms with E-state index in [4.69, 9.17) is 4.74 Å². The summed E-state index contributed by atoms with van der Waals surface area (Å²) in [5, 5.41) is 3.01. The minimum Gasteiger partial charge on any atom is -0.377 e. The van der Waals surface area contributed by atoms with Gasteiger partial charge in [-0.3, -0.25) is 9.59 Å². The number of nitrogens with one attached hydrogen (secondary N) is 1. The SMILES string of the molecule is CC(C)CC(=O)Nc1ccc(N(C)C)c(CN(C[C@@H]2CCCO2)C(=O)CC(C)(C)C)c1. The van der Waals surface area contributed by atoms with Gasteiger partial charge in [0.25, 0.3) is 0 Å². The zero-order valence-electron chi connectivity index (χ0n) is 20.5. The molecule has 1 aromatic rings. The molecule has 31 heavy (non-hydrogen) atoms. The molecule has 1 saturated heterocycles. The molecule has 1 atom stereocenters. The van der Waals surface area contributed by atoms with Crippen molar-refractivity contribution in [3.8, 4) is 0 Å². The summed E-state index contributed by atoms with van der Waals surface area (Å²) in [6, 6.07) is 5.94. The molecule has 1 N–H and O–H groups in total. The van der Waals surface area contributed by atoms with E-state index in [2.05, 4.69) is 26.1 Å². The minimum absolute atomic E-state index is 0.0126. The maximum atomic E-state index is 13.2. The maximum Gasteiger partial charge on any atom is 0.224 e. The van der Waals surface area contributed by atoms with Gasteiger partial charge in [-0.15, -0.1) is 0 Å². The fourth-order valence-electron chi connectivity index (χ4n) is 3.87. The number of anilines is 2. The second kappa shape index (κ2) is 11.0. The fraction of sp³-hybridized carbons (Fsp3) is 0.680. The van der Waals surface area contributed by atoms with Crippen molar-refractivity contribution in [2.75, 3.05) is 37.5 Å². The van der Waals surface area contributed by atoms with Gasteiger partial charge in [-0.05, 0) is 47.9 Å². The largest absolute Gasteiger partial charge is 0.377 e. The molecule has 0 saturated carbocycles. The summed E-state index contributed by atoms with van der Waals surface area (Å²) < 4.78 is 5.83. The Morgan fingerprint density at radius 3 is 2.48 bits per heavy atom. The van der Waals surface area contributed by atoms with Crippen molar-refractivity contribution >= 4 is 23.2 Å². The van der Waals surface area contributed by atoms with E-state index in [0.717, 1.165) is 36.4 Å². The highest BCUT2D eigenvalue weighted by Gasteiger charge is 2.26. The molecular weight excluding hydrogens is 390 g/mol. The lowest BCUT2D eigenvalue weighted by Crippen LogP contribution is -2.38. The summed E-state index contributed by atoms with van der Waals surface area (Å²) in [5.41, 5.74) is 2.75. The van der Waals surface area contributed by atoms with Crippen LogP contribution in [-0.4, -0.2) is 50.1 Å². The number of hydrogen-bond donors (Lipinski definition) is 1. The lowest BCUT2D eigenvalue weighted by Gasteiger charge is -2.30. The van der Waals surface area contributed by atoms with E-state index in [-0.39, 0.29) is 23.3 Å². The molecule has 0 aliphatic carbocycles. The van der Waals surface area contributed by atoms with E-state index in [0.29, 0.717) is 31.8 Å². The third-order valence-corrected chi connectivity index (χ3v) is 5.28. The maximum absolute atomic E-state index is 13.2. The van der Waals surface area contributed by atoms with Crippen molar-refractivity contribution in [2.45, 2.75) is 73.0 Å². The van der Waals surface area contributed by atoms with Gasteiger partial charge in [-0.1, -0.05) is 34.6 Å². The standard InChI is InChI=1S/C25H41N3O3/c1-18(2)13-23(29)26-20-10-11-22(27(6)7)19(14-20)16-28(17-21-9-8-12-31-21)24(30)15-25(3,4)5/h10-11,14,18,21H,8-9,12-13,15-17H2,1-7H3,(H,26,29)/t21-/m0/s1. The van der Waals surface area contributed by atoms with Gasteiger partial charge in [0.2, 0.25) is 11.8 Å². The average Bonchev–Trinajstić information content (AvgIpc) is 3.12. The molecule has 0 radical (unpaired) electrons. The normalized spacial score (nSPS) is 16.5. The van der Waals surface area contributed by atoms with Crippen molar-refractivity contribution < 1.29 is 14.3 Å². The molecule has 2 amide bonds. The number of amides is 2. The lowest BCUT2D eigenvalue weighted by molar-refractivity contribution is -0.135. The highest BCUT2D eigenvalue weighted by atomic mass is 16.5. The van der Waals surface area contributed by atoms with E-state index in [9.17, 15) is 9.59 Å². The van der Waals surface area contributed by atoms with E-state index >= 15 is 0 Å². The van der Waals surface area contributed by atoms with Crippen LogP contribution in [0.5, 0.6) is 0 Å². The van der Waals surface area contributed by atoms with Gasteiger partial charge >= 0.3 is 0 Å². The topological polar surface area (TPSA) is 61.9 Å². The quantitative estimate of drug-likeness (QED) is 0.617. The van der Waals surface area contributed by atoms with Crippen LogP contribution >= 0.6 is 0 Å². The van der Waals surface area contributed by atoms with Gasteiger partial charge in [-0.2, -0.15) is 0 Å². The minimum atomic E-state index is -0.0804. The molecule has 0 unspecified atom stereocenters. The van der Waals surface area contributed by atoms with Crippen LogP contribution in [0.15, 0.2) is 18.2 Å². The van der Waals surface area contributed by atoms with Crippen molar-refractivity contribution in [1.29, 1.82) is 0 Å². The Labute approximate surface area is 188 Å². The first-order chi connectivity index (χ1) is 14.4. The molecule has 1 fully saturated rings. The summed E-state index contributed by atoms with van der Waals surface area (Å²) >= 11 is 0. The third kappa shape index (κ3) is 8.52. The summed E-state index contributed by atoms with van der Waals surface area (Å²) in [5.74, 6) is 0.456. The number of ether oxygens (including phenoxy) is 1. The molecule has 1 aliphatic rings. The van der Waals surface area contributed by atoms with Crippen molar-refractivity contribution in [2.24, 2.45) is 11.3 Å². The van der Waals surface area contributed by atoms with Crippen LogP contribution in [0, 0.1) is 11.3 Å². The number of carbonyl (C=O) groups is 2. The van der Waals surface area contributed by atoms with Crippen LogP contribution in [0.2, 0.25) is 0 Å². The van der Waals surface area contributed by atoms with Crippen LogP contribution in [0.25, 0.3) is 0 Å². The smallest absolute Gasteiger partial charge is 0.224 e. The van der Waals surface area contributed by atoms with Crippen LogP contribution in [-0.2, 0) is 20.9 Å². The van der Waals surface area contributed by atoms with Gasteiger partial charge in [0.05, 0.1) is 6.10 Å². The van der Waals surface area contributed by atoms with Crippen LogP contribution in [0.3, 0.4) is 0 Å². The van der Waals surface area contributed by atoms with E-state index in [1.807, 2.05) is 55.9 Å². The van der Waals surface area contributed by atoms with Crippen LogP contribution < -0.4 is 10.2 Å². The molecule has 1 aliphatic heterocycles. The zero-order valence-corrected chi connectivity index (χ0v) is 20.5. The number of hydrogen-bond acceptors (Lipinski definition) is 4. The van der Waals surface area contributed by atoms with Crippen LogP contribution in [0.1, 0.15) is 65.9 Å². The lowest BCUT2D eigenvalue weighted by atomic mass is 9.91. The molecule has 0 aromatic heterocycles. The van der Waals surface area contributed by atoms with E-state index < -0.39 is 0 Å². The van der Waals surface area contributed by atoms with Gasteiger partial charge in [0.15, 0.2) is 0 Å². The van der Waals surface area contributed by atoms with E-state index in [1.165, 1.54) is 0 Å². The molecule has 0 bridgehead atoms. The Balaban J connectivity index is 2.27. The molecule has 2 rings (SSSR count). The van der Waals surface area contributed by atoms with Gasteiger partial charge in [0.1, 0.15) is 0 Å². The second-order valence-corrected chi connectivity index (χ2v) is 10.5. The number of nitrogens with zero attached hydrogens (tertiary/aromatic N) is 2. The highest BCUT2D eigenvalue weighted by Crippen LogP contribution is 2.27. The molecule has 174 valence electrons. The summed E-state index contributed by atoms with van der Waals surface area (Å²) in [6.07, 6.45) is 3.11. The van der Waals surface area contributed by atoms with Crippen molar-refractivity contribution in [3.63, 3.8) is 0 Å². The summed E-state index contributed by atoms with van der Waals surface area (Å²) in [4.78, 5) is 29.5.